The van der Waals surface area contributed by atoms with E-state index in [0.717, 1.165) is 48.4 Å². The van der Waals surface area contributed by atoms with Crippen LogP contribution in [0.3, 0.4) is 0 Å². The number of fused-ring (bicyclic) bond motifs is 1. The van der Waals surface area contributed by atoms with Crippen molar-refractivity contribution in [2.45, 2.75) is 76.9 Å². The van der Waals surface area contributed by atoms with Crippen LogP contribution in [0, 0.1) is 6.57 Å². The highest BCUT2D eigenvalue weighted by molar-refractivity contribution is 6.33. The SMILES string of the molecule is [C-]#[N+]c1ccc(N2C[C@@H](C)N(C(=O)Nc3ccc(CCCCCCOc4ccc5c(c4)C(=O)N(C4CCC(=O)NC4=O)C5=O)nc3)C[C@@H]2C)cc1Cl. The minimum Gasteiger partial charge on any atom is -0.494 e. The number of hydrogen-bond donors (Lipinski definition) is 2. The molecule has 0 spiro atoms. The number of urea groups is 1. The third-order valence-electron chi connectivity index (χ3n) is 9.71. The Morgan fingerprint density at radius 2 is 1.77 bits per heavy atom. The zero-order valence-corrected chi connectivity index (χ0v) is 29.8. The molecule has 270 valence electrons. The molecule has 3 aliphatic heterocycles. The van der Waals surface area contributed by atoms with Gasteiger partial charge in [-0.2, -0.15) is 0 Å². The first kappa shape index (κ1) is 36.3. The molecular formula is C38H40ClN7O6. The van der Waals surface area contributed by atoms with Crippen LogP contribution in [0.25, 0.3) is 4.85 Å². The van der Waals surface area contributed by atoms with Crippen molar-refractivity contribution in [3.8, 4) is 5.75 Å². The summed E-state index contributed by atoms with van der Waals surface area (Å²) >= 11 is 6.28. The zero-order valence-electron chi connectivity index (χ0n) is 29.1. The van der Waals surface area contributed by atoms with Gasteiger partial charge in [-0.1, -0.05) is 30.5 Å². The number of rotatable bonds is 11. The Morgan fingerprint density at radius 3 is 2.50 bits per heavy atom. The molecule has 13 nitrogen and oxygen atoms in total. The largest absolute Gasteiger partial charge is 0.494 e. The highest BCUT2D eigenvalue weighted by Gasteiger charge is 2.44. The molecule has 0 bridgehead atoms. The summed E-state index contributed by atoms with van der Waals surface area (Å²) < 4.78 is 5.86. The van der Waals surface area contributed by atoms with Crippen LogP contribution in [0.15, 0.2) is 54.7 Å². The minimum absolute atomic E-state index is 0.0470. The number of carbonyl (C=O) groups is 5. The number of anilines is 2. The van der Waals surface area contributed by atoms with Gasteiger partial charge in [0.1, 0.15) is 11.8 Å². The molecule has 1 aromatic heterocycles. The predicted molar refractivity (Wildman–Crippen MR) is 195 cm³/mol. The fourth-order valence-electron chi connectivity index (χ4n) is 6.87. The van der Waals surface area contributed by atoms with E-state index in [9.17, 15) is 24.0 Å². The summed E-state index contributed by atoms with van der Waals surface area (Å²) in [5.41, 5.74) is 3.34. The number of pyridine rings is 1. The number of unbranched alkanes of at least 4 members (excludes halogenated alkanes) is 3. The van der Waals surface area contributed by atoms with Crippen molar-refractivity contribution in [3.63, 3.8) is 0 Å². The lowest BCUT2D eigenvalue weighted by Gasteiger charge is -2.45. The van der Waals surface area contributed by atoms with Gasteiger partial charge in [0.05, 0.1) is 36.2 Å². The van der Waals surface area contributed by atoms with Crippen LogP contribution in [0.2, 0.25) is 5.02 Å². The molecule has 2 N–H and O–H groups in total. The van der Waals surface area contributed by atoms with E-state index in [-0.39, 0.29) is 42.1 Å². The number of ether oxygens (including phenoxy) is 1. The van der Waals surface area contributed by atoms with Crippen LogP contribution in [-0.4, -0.2) is 82.3 Å². The van der Waals surface area contributed by atoms with Gasteiger partial charge in [-0.15, -0.1) is 0 Å². The minimum atomic E-state index is -1.00. The second kappa shape index (κ2) is 15.8. The van der Waals surface area contributed by atoms with Crippen molar-refractivity contribution < 1.29 is 28.7 Å². The van der Waals surface area contributed by atoms with Crippen molar-refractivity contribution in [1.29, 1.82) is 0 Å². The summed E-state index contributed by atoms with van der Waals surface area (Å²) in [6, 6.07) is 12.8. The highest BCUT2D eigenvalue weighted by atomic mass is 35.5. The van der Waals surface area contributed by atoms with Gasteiger partial charge in [-0.25, -0.2) is 9.64 Å². The van der Waals surface area contributed by atoms with E-state index in [1.165, 1.54) is 6.07 Å². The fraction of sp³-hybridized carbons (Fsp3) is 0.395. The number of aromatic nitrogens is 1. The highest BCUT2D eigenvalue weighted by Crippen LogP contribution is 2.33. The van der Waals surface area contributed by atoms with Crippen LogP contribution in [-0.2, 0) is 16.0 Å². The molecule has 0 radical (unpaired) electrons. The molecule has 0 saturated carbocycles. The van der Waals surface area contributed by atoms with E-state index in [0.29, 0.717) is 41.8 Å². The molecule has 2 fully saturated rings. The van der Waals surface area contributed by atoms with Crippen LogP contribution in [0.4, 0.5) is 21.9 Å². The zero-order chi connectivity index (χ0) is 36.9. The third kappa shape index (κ3) is 7.87. The molecule has 3 aromatic rings. The number of amides is 6. The number of nitrogens with one attached hydrogen (secondary N) is 2. The topological polar surface area (TPSA) is 146 Å². The van der Waals surface area contributed by atoms with Crippen molar-refractivity contribution >= 4 is 58.3 Å². The maximum atomic E-state index is 13.2. The van der Waals surface area contributed by atoms with E-state index < -0.39 is 29.7 Å². The summed E-state index contributed by atoms with van der Waals surface area (Å²) in [6.45, 7) is 12.9. The van der Waals surface area contributed by atoms with Crippen LogP contribution < -0.4 is 20.3 Å². The van der Waals surface area contributed by atoms with Gasteiger partial charge in [-0.05, 0) is 82.0 Å². The summed E-state index contributed by atoms with van der Waals surface area (Å²) in [5.74, 6) is -1.68. The second-order valence-corrected chi connectivity index (χ2v) is 13.8. The lowest BCUT2D eigenvalue weighted by atomic mass is 10.0. The first-order valence-electron chi connectivity index (χ1n) is 17.5. The standard InChI is InChI=1S/C38H40ClN7O6/c1-23-22-45(24(2)21-44(23)27-11-14-32(40-3)31(39)18-27)38(51)42-26-10-9-25(41-20-26)8-6-4-5-7-17-52-28-12-13-29-30(19-28)37(50)46(36(29)49)33-15-16-34(47)43-35(33)48/h9-14,18-20,23-24,33H,4-8,15-17,21-22H2,1-2H3,(H,42,51)(H,43,47,48)/t23-,24+,33?/m0/s1. The first-order chi connectivity index (χ1) is 25.0. The molecule has 3 atom stereocenters. The quantitative estimate of drug-likeness (QED) is 0.139. The smallest absolute Gasteiger partial charge is 0.322 e. The Hall–Kier alpha value is -5.48. The number of imide groups is 2. The van der Waals surface area contributed by atoms with Gasteiger partial charge < -0.3 is 19.9 Å². The molecule has 3 aliphatic rings. The van der Waals surface area contributed by atoms with E-state index in [1.54, 1.807) is 24.4 Å². The second-order valence-electron chi connectivity index (χ2n) is 13.4. The Bertz CT molecular complexity index is 1930. The lowest BCUT2D eigenvalue weighted by molar-refractivity contribution is -0.136. The number of nitrogens with zero attached hydrogens (tertiary/aromatic N) is 5. The number of benzene rings is 2. The first-order valence-corrected chi connectivity index (χ1v) is 17.9. The van der Waals surface area contributed by atoms with Gasteiger partial charge in [0.2, 0.25) is 17.5 Å². The summed E-state index contributed by atoms with van der Waals surface area (Å²) in [4.78, 5) is 75.8. The fourth-order valence-corrected chi connectivity index (χ4v) is 7.08. The Balaban J connectivity index is 0.893. The molecular weight excluding hydrogens is 686 g/mol. The molecule has 52 heavy (non-hydrogen) atoms. The van der Waals surface area contributed by atoms with E-state index in [4.69, 9.17) is 22.9 Å². The van der Waals surface area contributed by atoms with Gasteiger partial charge in [0, 0.05) is 48.0 Å². The van der Waals surface area contributed by atoms with Crippen molar-refractivity contribution in [1.82, 2.24) is 20.1 Å². The van der Waals surface area contributed by atoms with Gasteiger partial charge in [-0.3, -0.25) is 34.4 Å². The summed E-state index contributed by atoms with van der Waals surface area (Å²) in [6.07, 6.45) is 6.32. The summed E-state index contributed by atoms with van der Waals surface area (Å²) in [7, 11) is 0. The van der Waals surface area contributed by atoms with Crippen molar-refractivity contribution in [3.05, 3.63) is 88.0 Å². The van der Waals surface area contributed by atoms with Gasteiger partial charge in [0.15, 0.2) is 0 Å². The number of piperidine rings is 1. The van der Waals surface area contributed by atoms with E-state index in [1.807, 2.05) is 36.1 Å². The van der Waals surface area contributed by atoms with E-state index in [2.05, 4.69) is 32.3 Å². The van der Waals surface area contributed by atoms with Crippen LogP contribution >= 0.6 is 11.6 Å². The number of carbonyl (C=O) groups excluding carboxylic acids is 5. The molecule has 14 heteroatoms. The average Bonchev–Trinajstić information content (AvgIpc) is 3.37. The van der Waals surface area contributed by atoms with Gasteiger partial charge >= 0.3 is 6.03 Å². The molecule has 6 amide bonds. The lowest BCUT2D eigenvalue weighted by Crippen LogP contribution is -2.59. The van der Waals surface area contributed by atoms with Crippen molar-refractivity contribution in [2.24, 2.45) is 0 Å². The van der Waals surface area contributed by atoms with Gasteiger partial charge in [0.25, 0.3) is 11.8 Å². The van der Waals surface area contributed by atoms with E-state index >= 15 is 0 Å². The Labute approximate surface area is 307 Å². The Morgan fingerprint density at radius 1 is 0.981 bits per heavy atom. The number of aryl methyl sites for hydroxylation is 1. The molecule has 1 unspecified atom stereocenters. The average molecular weight is 726 g/mol. The molecule has 2 saturated heterocycles. The van der Waals surface area contributed by atoms with Crippen LogP contribution in [0.1, 0.15) is 78.8 Å². The number of piperazine rings is 1. The maximum Gasteiger partial charge on any atom is 0.322 e. The number of halogens is 1. The maximum absolute atomic E-state index is 13.2. The third-order valence-corrected chi connectivity index (χ3v) is 10.0. The molecule has 6 rings (SSSR count). The normalized spacial score (nSPS) is 20.0. The molecule has 4 heterocycles. The van der Waals surface area contributed by atoms with Crippen molar-refractivity contribution in [2.75, 3.05) is 29.9 Å². The monoisotopic (exact) mass is 725 g/mol. The number of hydrogen-bond acceptors (Lipinski definition) is 8. The predicted octanol–water partition coefficient (Wildman–Crippen LogP) is 6.00. The summed E-state index contributed by atoms with van der Waals surface area (Å²) in [5, 5.41) is 5.60. The molecule has 0 aliphatic carbocycles. The molecule has 2 aromatic carbocycles. The van der Waals surface area contributed by atoms with Crippen LogP contribution in [0.5, 0.6) is 5.75 Å². The Kier molecular flexibility index (Phi) is 11.0.